The van der Waals surface area contributed by atoms with E-state index in [0.29, 0.717) is 13.2 Å². The van der Waals surface area contributed by atoms with Crippen LogP contribution in [-0.2, 0) is 14.2 Å². The Morgan fingerprint density at radius 3 is 2.09 bits per heavy atom. The standard InChI is InChI=1S/C6H12O5/c1-3-9-6(10-4-2)11-5(7)8/h6H,3-4H2,1-2H3,(H,7,8). The molecule has 0 radical (unpaired) electrons. The molecule has 11 heavy (non-hydrogen) atoms. The summed E-state index contributed by atoms with van der Waals surface area (Å²) >= 11 is 0. The number of hydrogen-bond donors (Lipinski definition) is 1. The van der Waals surface area contributed by atoms with Crippen LogP contribution in [0.5, 0.6) is 0 Å². The van der Waals surface area contributed by atoms with Gasteiger partial charge in [0.1, 0.15) is 0 Å². The van der Waals surface area contributed by atoms with E-state index in [9.17, 15) is 4.79 Å². The highest BCUT2D eigenvalue weighted by Gasteiger charge is 2.11. The van der Waals surface area contributed by atoms with E-state index < -0.39 is 12.6 Å². The van der Waals surface area contributed by atoms with Crippen molar-refractivity contribution >= 4 is 6.16 Å². The Balaban J connectivity index is 3.59. The van der Waals surface area contributed by atoms with Crippen LogP contribution in [0.25, 0.3) is 0 Å². The van der Waals surface area contributed by atoms with Crippen LogP contribution in [0.2, 0.25) is 0 Å². The van der Waals surface area contributed by atoms with Crippen LogP contribution in [0, 0.1) is 0 Å². The van der Waals surface area contributed by atoms with Gasteiger partial charge >= 0.3 is 12.6 Å². The summed E-state index contributed by atoms with van der Waals surface area (Å²) in [5.74, 6) is 0. The molecule has 5 heteroatoms. The lowest BCUT2D eigenvalue weighted by Gasteiger charge is -2.14. The van der Waals surface area contributed by atoms with Gasteiger partial charge in [-0.25, -0.2) is 4.79 Å². The van der Waals surface area contributed by atoms with E-state index in [1.54, 1.807) is 13.8 Å². The fourth-order valence-corrected chi connectivity index (χ4v) is 0.471. The number of ether oxygens (including phenoxy) is 3. The Morgan fingerprint density at radius 1 is 1.36 bits per heavy atom. The van der Waals surface area contributed by atoms with Gasteiger partial charge in [-0.1, -0.05) is 0 Å². The van der Waals surface area contributed by atoms with Gasteiger partial charge in [0.05, 0.1) is 13.2 Å². The molecular formula is C6H12O5. The summed E-state index contributed by atoms with van der Waals surface area (Å²) < 4.78 is 13.7. The molecule has 0 aromatic carbocycles. The van der Waals surface area contributed by atoms with E-state index in [-0.39, 0.29) is 0 Å². The van der Waals surface area contributed by atoms with Gasteiger partial charge in [-0.3, -0.25) is 0 Å². The van der Waals surface area contributed by atoms with Gasteiger partial charge in [0.2, 0.25) is 0 Å². The average molecular weight is 164 g/mol. The molecule has 66 valence electrons. The van der Waals surface area contributed by atoms with E-state index in [1.165, 1.54) is 0 Å². The molecule has 0 aliphatic rings. The summed E-state index contributed by atoms with van der Waals surface area (Å²) in [5, 5.41) is 8.15. The number of rotatable bonds is 5. The molecule has 0 bridgehead atoms. The molecule has 0 aliphatic heterocycles. The number of carbonyl (C=O) groups is 1. The molecule has 0 saturated heterocycles. The van der Waals surface area contributed by atoms with Crippen molar-refractivity contribution < 1.29 is 24.1 Å². The molecule has 0 aromatic heterocycles. The molecule has 0 unspecified atom stereocenters. The minimum Gasteiger partial charge on any atom is -0.450 e. The van der Waals surface area contributed by atoms with Crippen molar-refractivity contribution in [2.75, 3.05) is 13.2 Å². The van der Waals surface area contributed by atoms with Crippen LogP contribution in [0.4, 0.5) is 4.79 Å². The van der Waals surface area contributed by atoms with Crippen molar-refractivity contribution in [3.05, 3.63) is 0 Å². The molecule has 0 heterocycles. The molecule has 0 atom stereocenters. The zero-order chi connectivity index (χ0) is 8.69. The van der Waals surface area contributed by atoms with Gasteiger partial charge < -0.3 is 19.3 Å². The Bertz CT molecular complexity index is 108. The van der Waals surface area contributed by atoms with E-state index >= 15 is 0 Å². The minimum atomic E-state index is -1.41. The maximum Gasteiger partial charge on any atom is 0.509 e. The van der Waals surface area contributed by atoms with Crippen molar-refractivity contribution in [2.24, 2.45) is 0 Å². The summed E-state index contributed by atoms with van der Waals surface area (Å²) in [6.45, 7) is 3.03. The first kappa shape index (κ1) is 10.2. The molecule has 0 saturated carbocycles. The Labute approximate surface area is 64.9 Å². The van der Waals surface area contributed by atoms with Crippen molar-refractivity contribution in [1.82, 2.24) is 0 Å². The third-order valence-electron chi connectivity index (χ3n) is 0.803. The Morgan fingerprint density at radius 2 is 1.82 bits per heavy atom. The predicted octanol–water partition coefficient (Wildman–Crippen LogP) is 1.04. The van der Waals surface area contributed by atoms with Crippen molar-refractivity contribution in [1.29, 1.82) is 0 Å². The zero-order valence-corrected chi connectivity index (χ0v) is 6.57. The summed E-state index contributed by atoms with van der Waals surface area (Å²) in [6, 6.07) is 0. The smallest absolute Gasteiger partial charge is 0.450 e. The number of carboxylic acid groups (broad SMARTS) is 1. The van der Waals surface area contributed by atoms with Crippen molar-refractivity contribution in [2.45, 2.75) is 20.3 Å². The SMILES string of the molecule is CCOC(OCC)OC(=O)O. The minimum absolute atomic E-state index is 0.345. The summed E-state index contributed by atoms with van der Waals surface area (Å²) in [6.07, 6.45) is -1.41. The van der Waals surface area contributed by atoms with E-state index in [0.717, 1.165) is 0 Å². The topological polar surface area (TPSA) is 65.0 Å². The normalized spacial score (nSPS) is 10.1. The largest absolute Gasteiger partial charge is 0.509 e. The lowest BCUT2D eigenvalue weighted by Crippen LogP contribution is -2.23. The van der Waals surface area contributed by atoms with Crippen LogP contribution in [0.3, 0.4) is 0 Å². The average Bonchev–Trinajstić information content (AvgIpc) is 1.87. The summed E-state index contributed by atoms with van der Waals surface area (Å²) in [7, 11) is 0. The Hall–Kier alpha value is -0.810. The first-order chi connectivity index (χ1) is 5.20. The fourth-order valence-electron chi connectivity index (χ4n) is 0.471. The second kappa shape index (κ2) is 5.94. The lowest BCUT2D eigenvalue weighted by atomic mass is 10.8. The van der Waals surface area contributed by atoms with Gasteiger partial charge in [-0.05, 0) is 13.8 Å². The molecule has 5 nitrogen and oxygen atoms in total. The van der Waals surface area contributed by atoms with Crippen LogP contribution < -0.4 is 0 Å². The van der Waals surface area contributed by atoms with Gasteiger partial charge in [-0.15, -0.1) is 0 Å². The molecule has 0 aliphatic carbocycles. The quantitative estimate of drug-likeness (QED) is 0.485. The molecule has 0 fully saturated rings. The van der Waals surface area contributed by atoms with Crippen LogP contribution in [0.15, 0.2) is 0 Å². The van der Waals surface area contributed by atoms with Gasteiger partial charge in [-0.2, -0.15) is 0 Å². The first-order valence-electron chi connectivity index (χ1n) is 3.33. The second-order valence-electron chi connectivity index (χ2n) is 1.58. The van der Waals surface area contributed by atoms with Crippen LogP contribution in [0.1, 0.15) is 13.8 Å². The van der Waals surface area contributed by atoms with Crippen molar-refractivity contribution in [3.8, 4) is 0 Å². The third-order valence-corrected chi connectivity index (χ3v) is 0.803. The molecule has 0 amide bonds. The summed E-state index contributed by atoms with van der Waals surface area (Å²) in [4.78, 5) is 9.98. The van der Waals surface area contributed by atoms with Crippen molar-refractivity contribution in [3.63, 3.8) is 0 Å². The fraction of sp³-hybridized carbons (Fsp3) is 0.833. The molecular weight excluding hydrogens is 152 g/mol. The highest BCUT2D eigenvalue weighted by Crippen LogP contribution is 1.97. The monoisotopic (exact) mass is 164 g/mol. The van der Waals surface area contributed by atoms with E-state index in [2.05, 4.69) is 4.74 Å². The number of hydrogen-bond acceptors (Lipinski definition) is 4. The maximum absolute atomic E-state index is 9.98. The predicted molar refractivity (Wildman–Crippen MR) is 36.1 cm³/mol. The maximum atomic E-state index is 9.98. The third kappa shape index (κ3) is 5.63. The van der Waals surface area contributed by atoms with Gasteiger partial charge in [0, 0.05) is 0 Å². The second-order valence-corrected chi connectivity index (χ2v) is 1.58. The van der Waals surface area contributed by atoms with Crippen LogP contribution >= 0.6 is 0 Å². The zero-order valence-electron chi connectivity index (χ0n) is 6.57. The van der Waals surface area contributed by atoms with Crippen LogP contribution in [-0.4, -0.2) is 31.0 Å². The van der Waals surface area contributed by atoms with Gasteiger partial charge in [0.25, 0.3) is 0 Å². The van der Waals surface area contributed by atoms with Gasteiger partial charge in [0.15, 0.2) is 0 Å². The lowest BCUT2D eigenvalue weighted by molar-refractivity contribution is -0.262. The molecule has 0 aromatic rings. The summed E-state index contributed by atoms with van der Waals surface area (Å²) in [5.41, 5.74) is 0. The molecule has 0 rings (SSSR count). The van der Waals surface area contributed by atoms with E-state index in [1.807, 2.05) is 0 Å². The highest BCUT2D eigenvalue weighted by molar-refractivity contribution is 5.56. The highest BCUT2D eigenvalue weighted by atomic mass is 16.9. The molecule has 1 N–H and O–H groups in total. The molecule has 0 spiro atoms. The first-order valence-corrected chi connectivity index (χ1v) is 3.33. The van der Waals surface area contributed by atoms with E-state index in [4.69, 9.17) is 14.6 Å². The Kier molecular flexibility index (Phi) is 5.50.